The number of para-hydroxylation sites is 1. The molecule has 1 heteroatoms. The van der Waals surface area contributed by atoms with E-state index in [1.54, 1.807) is 0 Å². The Hall–Kier alpha value is -5.14. The topological polar surface area (TPSA) is 3.24 Å². The monoisotopic (exact) mass is 497 g/mol. The quantitative estimate of drug-likeness (QED) is 0.229. The van der Waals surface area contributed by atoms with Crippen LogP contribution in [-0.4, -0.2) is 0 Å². The molecule has 7 rings (SSSR count). The van der Waals surface area contributed by atoms with Crippen LogP contribution in [0.4, 0.5) is 17.1 Å². The molecule has 0 aliphatic heterocycles. The van der Waals surface area contributed by atoms with Crippen molar-refractivity contribution in [2.45, 2.75) is 0 Å². The molecular formula is C38H27N. The van der Waals surface area contributed by atoms with Crippen molar-refractivity contribution < 1.29 is 0 Å². The molecule has 0 heterocycles. The van der Waals surface area contributed by atoms with Gasteiger partial charge in [0.25, 0.3) is 0 Å². The molecule has 1 nitrogen and oxygen atoms in total. The van der Waals surface area contributed by atoms with Crippen LogP contribution in [-0.2, 0) is 0 Å². The van der Waals surface area contributed by atoms with Crippen molar-refractivity contribution in [1.82, 2.24) is 0 Å². The van der Waals surface area contributed by atoms with Gasteiger partial charge in [0.1, 0.15) is 0 Å². The second-order valence-electron chi connectivity index (χ2n) is 9.82. The summed E-state index contributed by atoms with van der Waals surface area (Å²) in [6.07, 6.45) is 0. The fourth-order valence-electron chi connectivity index (χ4n) is 5.56. The molecule has 184 valence electrons. The minimum Gasteiger partial charge on any atom is -0.311 e. The van der Waals surface area contributed by atoms with Crippen molar-refractivity contribution in [3.63, 3.8) is 0 Å². The van der Waals surface area contributed by atoms with Gasteiger partial charge in [-0.3, -0.25) is 0 Å². The first-order valence-electron chi connectivity index (χ1n) is 13.4. The SMILES string of the molecule is c1ccc(N(c2ccc(-c3cccc4ccccc34)cc2)c2ccc(-c3cccc4ccccc34)cc2)cc1. The first-order valence-corrected chi connectivity index (χ1v) is 13.4. The first-order chi connectivity index (χ1) is 19.3. The minimum absolute atomic E-state index is 1.13. The Morgan fingerprint density at radius 1 is 0.282 bits per heavy atom. The Bertz CT molecular complexity index is 1750. The summed E-state index contributed by atoms with van der Waals surface area (Å²) in [5.41, 5.74) is 8.33. The first kappa shape index (κ1) is 23.0. The van der Waals surface area contributed by atoms with E-state index in [4.69, 9.17) is 0 Å². The number of hydrogen-bond donors (Lipinski definition) is 0. The van der Waals surface area contributed by atoms with Gasteiger partial charge in [-0.1, -0.05) is 127 Å². The lowest BCUT2D eigenvalue weighted by atomic mass is 9.97. The van der Waals surface area contributed by atoms with Crippen LogP contribution >= 0.6 is 0 Å². The van der Waals surface area contributed by atoms with Gasteiger partial charge < -0.3 is 4.90 Å². The highest BCUT2D eigenvalue weighted by Gasteiger charge is 2.14. The molecule has 0 fully saturated rings. The van der Waals surface area contributed by atoms with E-state index >= 15 is 0 Å². The summed E-state index contributed by atoms with van der Waals surface area (Å²) in [5, 5.41) is 5.07. The molecule has 0 radical (unpaired) electrons. The molecule has 0 amide bonds. The van der Waals surface area contributed by atoms with Crippen molar-refractivity contribution in [1.29, 1.82) is 0 Å². The van der Waals surface area contributed by atoms with E-state index in [9.17, 15) is 0 Å². The Morgan fingerprint density at radius 3 is 1.15 bits per heavy atom. The van der Waals surface area contributed by atoms with Crippen molar-refractivity contribution in [2.75, 3.05) is 4.90 Å². The number of fused-ring (bicyclic) bond motifs is 2. The Labute approximate surface area is 229 Å². The molecular weight excluding hydrogens is 470 g/mol. The van der Waals surface area contributed by atoms with Gasteiger partial charge in [0.2, 0.25) is 0 Å². The molecule has 0 bridgehead atoms. The molecule has 0 aromatic heterocycles. The van der Waals surface area contributed by atoms with Crippen molar-refractivity contribution in [3.05, 3.63) is 164 Å². The van der Waals surface area contributed by atoms with Crippen molar-refractivity contribution in [3.8, 4) is 22.3 Å². The van der Waals surface area contributed by atoms with Gasteiger partial charge in [0.15, 0.2) is 0 Å². The van der Waals surface area contributed by atoms with Crippen LogP contribution in [0.2, 0.25) is 0 Å². The number of rotatable bonds is 5. The van der Waals surface area contributed by atoms with Crippen LogP contribution in [0.15, 0.2) is 164 Å². The Kier molecular flexibility index (Phi) is 5.88. The highest BCUT2D eigenvalue weighted by Crippen LogP contribution is 2.38. The number of nitrogens with zero attached hydrogens (tertiary/aromatic N) is 1. The van der Waals surface area contributed by atoms with Crippen LogP contribution < -0.4 is 4.90 Å². The minimum atomic E-state index is 1.13. The summed E-state index contributed by atoms with van der Waals surface area (Å²) in [5.74, 6) is 0. The third-order valence-corrected chi connectivity index (χ3v) is 7.47. The molecule has 0 spiro atoms. The summed E-state index contributed by atoms with van der Waals surface area (Å²) in [6, 6.07) is 58.6. The number of anilines is 3. The molecule has 0 N–H and O–H groups in total. The lowest BCUT2D eigenvalue weighted by Crippen LogP contribution is -2.09. The standard InChI is InChI=1S/C38H27N/c1-2-14-32(15-3-1)39(33-24-20-30(21-25-33)37-18-8-12-28-10-4-6-16-35(28)37)34-26-22-31(23-27-34)38-19-9-13-29-11-5-7-17-36(29)38/h1-27H. The Balaban J connectivity index is 1.28. The van der Waals surface area contributed by atoms with E-state index in [-0.39, 0.29) is 0 Å². The van der Waals surface area contributed by atoms with Gasteiger partial charge in [-0.15, -0.1) is 0 Å². The van der Waals surface area contributed by atoms with Crippen LogP contribution in [0.25, 0.3) is 43.8 Å². The third-order valence-electron chi connectivity index (χ3n) is 7.47. The molecule has 39 heavy (non-hydrogen) atoms. The smallest absolute Gasteiger partial charge is 0.0462 e. The molecule has 0 atom stereocenters. The molecule has 0 aliphatic rings. The third kappa shape index (κ3) is 4.35. The maximum Gasteiger partial charge on any atom is 0.0462 e. The molecule has 7 aromatic rings. The van der Waals surface area contributed by atoms with E-state index < -0.39 is 0 Å². The Morgan fingerprint density at radius 2 is 0.667 bits per heavy atom. The number of hydrogen-bond acceptors (Lipinski definition) is 1. The van der Waals surface area contributed by atoms with Gasteiger partial charge in [-0.25, -0.2) is 0 Å². The van der Waals surface area contributed by atoms with Crippen LogP contribution in [0.5, 0.6) is 0 Å². The second kappa shape index (κ2) is 9.96. The summed E-state index contributed by atoms with van der Waals surface area (Å²) in [6.45, 7) is 0. The molecule has 0 aliphatic carbocycles. The van der Waals surface area contributed by atoms with E-state index in [1.165, 1.54) is 43.8 Å². The summed E-state index contributed by atoms with van der Waals surface area (Å²) in [7, 11) is 0. The summed E-state index contributed by atoms with van der Waals surface area (Å²) in [4.78, 5) is 2.32. The normalized spacial score (nSPS) is 11.1. The van der Waals surface area contributed by atoms with Gasteiger partial charge in [-0.05, 0) is 80.2 Å². The predicted molar refractivity (Wildman–Crippen MR) is 167 cm³/mol. The van der Waals surface area contributed by atoms with Gasteiger partial charge in [0.05, 0.1) is 0 Å². The van der Waals surface area contributed by atoms with E-state index in [1.807, 2.05) is 0 Å². The average Bonchev–Trinajstić information content (AvgIpc) is 3.02. The average molecular weight is 498 g/mol. The van der Waals surface area contributed by atoms with Crippen LogP contribution in [0.3, 0.4) is 0 Å². The lowest BCUT2D eigenvalue weighted by Gasteiger charge is -2.26. The van der Waals surface area contributed by atoms with Crippen molar-refractivity contribution >= 4 is 38.6 Å². The molecule has 0 saturated heterocycles. The maximum atomic E-state index is 2.32. The van der Waals surface area contributed by atoms with E-state index in [0.717, 1.165) is 17.1 Å². The maximum absolute atomic E-state index is 2.32. The summed E-state index contributed by atoms with van der Waals surface area (Å²) >= 11 is 0. The summed E-state index contributed by atoms with van der Waals surface area (Å²) < 4.78 is 0. The zero-order chi connectivity index (χ0) is 26.0. The molecule has 0 saturated carbocycles. The fourth-order valence-corrected chi connectivity index (χ4v) is 5.56. The number of benzene rings is 7. The van der Waals surface area contributed by atoms with Gasteiger partial charge in [-0.2, -0.15) is 0 Å². The lowest BCUT2D eigenvalue weighted by molar-refractivity contribution is 1.28. The largest absolute Gasteiger partial charge is 0.311 e. The zero-order valence-electron chi connectivity index (χ0n) is 21.5. The highest BCUT2D eigenvalue weighted by molar-refractivity contribution is 5.98. The second-order valence-corrected chi connectivity index (χ2v) is 9.82. The van der Waals surface area contributed by atoms with E-state index in [0.29, 0.717) is 0 Å². The highest BCUT2D eigenvalue weighted by atomic mass is 15.1. The predicted octanol–water partition coefficient (Wildman–Crippen LogP) is 10.8. The van der Waals surface area contributed by atoms with E-state index in [2.05, 4.69) is 169 Å². The van der Waals surface area contributed by atoms with Gasteiger partial charge >= 0.3 is 0 Å². The zero-order valence-corrected chi connectivity index (χ0v) is 21.5. The van der Waals surface area contributed by atoms with Gasteiger partial charge in [0, 0.05) is 17.1 Å². The molecule has 0 unspecified atom stereocenters. The molecule has 7 aromatic carbocycles. The van der Waals surface area contributed by atoms with Crippen LogP contribution in [0, 0.1) is 0 Å². The van der Waals surface area contributed by atoms with Crippen molar-refractivity contribution in [2.24, 2.45) is 0 Å². The van der Waals surface area contributed by atoms with Crippen LogP contribution in [0.1, 0.15) is 0 Å². The fraction of sp³-hybridized carbons (Fsp3) is 0.